The van der Waals surface area contributed by atoms with Gasteiger partial charge in [-0.3, -0.25) is 18.9 Å². The summed E-state index contributed by atoms with van der Waals surface area (Å²) in [5, 5.41) is 20.5. The SMILES string of the molecule is Cc1cn([C@]2(C)O[C@H](COP(=O)(O)OP(=O)(O)OP(=O)(O)O)[C@@H](O)[C@H]2O)c(=O)[nH]c1=O. The van der Waals surface area contributed by atoms with Gasteiger partial charge in [-0.2, -0.15) is 8.62 Å². The number of hydrogen-bond acceptors (Lipinski definition) is 11. The minimum absolute atomic E-state index is 0.0582. The normalized spacial score (nSPS) is 30.6. The summed E-state index contributed by atoms with van der Waals surface area (Å²) in [6, 6.07) is 0. The van der Waals surface area contributed by atoms with E-state index in [2.05, 4.69) is 13.1 Å². The number of rotatable bonds is 8. The number of aliphatic hydroxyl groups is 2. The van der Waals surface area contributed by atoms with Crippen molar-refractivity contribution >= 4 is 23.5 Å². The smallest absolute Gasteiger partial charge is 0.387 e. The van der Waals surface area contributed by atoms with Crippen molar-refractivity contribution in [2.75, 3.05) is 6.61 Å². The molecule has 0 radical (unpaired) electrons. The fourth-order valence-electron chi connectivity index (χ4n) is 2.67. The lowest BCUT2D eigenvalue weighted by Gasteiger charge is -2.29. The first kappa shape index (κ1) is 26.2. The maximum absolute atomic E-state index is 12.1. The van der Waals surface area contributed by atoms with Gasteiger partial charge in [-0.05, 0) is 13.8 Å². The van der Waals surface area contributed by atoms with Crippen molar-refractivity contribution in [3.63, 3.8) is 0 Å². The highest BCUT2D eigenvalue weighted by Crippen LogP contribution is 2.66. The average Bonchev–Trinajstić information content (AvgIpc) is 2.78. The van der Waals surface area contributed by atoms with Gasteiger partial charge >= 0.3 is 29.2 Å². The molecule has 2 heterocycles. The van der Waals surface area contributed by atoms with E-state index in [9.17, 15) is 38.4 Å². The molecule has 20 heteroatoms. The molecule has 1 aromatic rings. The van der Waals surface area contributed by atoms with Crippen molar-refractivity contribution in [3.05, 3.63) is 32.6 Å². The third kappa shape index (κ3) is 6.27. The van der Waals surface area contributed by atoms with E-state index in [1.54, 1.807) is 0 Å². The van der Waals surface area contributed by atoms with Gasteiger partial charge < -0.3 is 34.5 Å². The van der Waals surface area contributed by atoms with Crippen molar-refractivity contribution < 1.29 is 61.4 Å². The fourth-order valence-corrected chi connectivity index (χ4v) is 5.70. The molecular weight excluding hydrogens is 493 g/mol. The lowest BCUT2D eigenvalue weighted by molar-refractivity contribution is -0.136. The standard InChI is InChI=1S/C11H19N2O15P3/c1-5-3-13(10(17)12-9(5)16)11(2)8(15)7(14)6(26-11)4-25-30(21,22)28-31(23,24)27-29(18,19)20/h3,6-8,14-15H,4H2,1-2H3,(H,21,22)(H,23,24)(H,12,16,17)(H2,18,19,20)/t6-,7-,8-,11-/m1/s1. The molecular formula is C11H19N2O15P3. The van der Waals surface area contributed by atoms with Crippen LogP contribution in [0.3, 0.4) is 0 Å². The van der Waals surface area contributed by atoms with Crippen LogP contribution in [0, 0.1) is 6.92 Å². The Kier molecular flexibility index (Phi) is 7.38. The zero-order valence-corrected chi connectivity index (χ0v) is 18.3. The lowest BCUT2D eigenvalue weighted by atomic mass is 10.0. The number of phosphoric acid groups is 3. The summed E-state index contributed by atoms with van der Waals surface area (Å²) >= 11 is 0. The number of ether oxygens (including phenoxy) is 1. The van der Waals surface area contributed by atoms with Crippen LogP contribution in [-0.4, -0.2) is 64.3 Å². The van der Waals surface area contributed by atoms with Gasteiger partial charge in [0.25, 0.3) is 5.56 Å². The van der Waals surface area contributed by atoms with Crippen molar-refractivity contribution in [2.24, 2.45) is 0 Å². The summed E-state index contributed by atoms with van der Waals surface area (Å²) in [5.41, 5.74) is -3.63. The molecule has 1 saturated heterocycles. The Balaban J connectivity index is 2.17. The lowest BCUT2D eigenvalue weighted by Crippen LogP contribution is -2.49. The number of nitrogens with zero attached hydrogens (tertiary/aromatic N) is 1. The van der Waals surface area contributed by atoms with Gasteiger partial charge in [-0.15, -0.1) is 0 Å². The third-order valence-corrected chi connectivity index (χ3v) is 7.86. The van der Waals surface area contributed by atoms with Gasteiger partial charge in [0, 0.05) is 11.8 Å². The second-order valence-electron chi connectivity index (χ2n) is 6.47. The second kappa shape index (κ2) is 8.72. The number of aromatic amines is 1. The van der Waals surface area contributed by atoms with Crippen LogP contribution in [0.5, 0.6) is 0 Å². The monoisotopic (exact) mass is 512 g/mol. The van der Waals surface area contributed by atoms with Crippen LogP contribution in [-0.2, 0) is 37.3 Å². The Morgan fingerprint density at radius 3 is 2.26 bits per heavy atom. The predicted molar refractivity (Wildman–Crippen MR) is 96.4 cm³/mol. The quantitative estimate of drug-likeness (QED) is 0.185. The summed E-state index contributed by atoms with van der Waals surface area (Å²) in [5.74, 6) is 0. The van der Waals surface area contributed by atoms with Crippen molar-refractivity contribution in [2.45, 2.75) is 37.9 Å². The molecule has 0 aliphatic carbocycles. The Morgan fingerprint density at radius 1 is 1.13 bits per heavy atom. The first-order valence-electron chi connectivity index (χ1n) is 8.02. The number of hydrogen-bond donors (Lipinski definition) is 7. The number of phosphoric ester groups is 1. The molecule has 1 aromatic heterocycles. The first-order chi connectivity index (χ1) is 13.9. The Labute approximate surface area is 172 Å². The van der Waals surface area contributed by atoms with Gasteiger partial charge in [-0.25, -0.2) is 18.5 Å². The summed E-state index contributed by atoms with van der Waals surface area (Å²) < 4.78 is 51.3. The first-order valence-corrected chi connectivity index (χ1v) is 12.5. The van der Waals surface area contributed by atoms with Gasteiger partial charge in [0.05, 0.1) is 6.61 Å². The molecule has 178 valence electrons. The maximum atomic E-state index is 12.1. The molecule has 0 aromatic carbocycles. The van der Waals surface area contributed by atoms with E-state index in [0.717, 1.165) is 17.7 Å². The molecule has 0 bridgehead atoms. The van der Waals surface area contributed by atoms with Crippen LogP contribution in [0.15, 0.2) is 15.8 Å². The predicted octanol–water partition coefficient (Wildman–Crippen LogP) is -2.02. The van der Waals surface area contributed by atoms with Crippen molar-refractivity contribution in [3.8, 4) is 0 Å². The molecule has 2 rings (SSSR count). The van der Waals surface area contributed by atoms with E-state index in [4.69, 9.17) is 19.4 Å². The summed E-state index contributed by atoms with van der Waals surface area (Å²) in [6.07, 6.45) is -4.20. The van der Waals surface area contributed by atoms with Crippen molar-refractivity contribution in [1.29, 1.82) is 0 Å². The summed E-state index contributed by atoms with van der Waals surface area (Å²) in [7, 11) is -16.8. The molecule has 1 aliphatic rings. The number of aryl methyl sites for hydroxylation is 1. The molecule has 0 spiro atoms. The van der Waals surface area contributed by atoms with Gasteiger partial charge in [0.1, 0.15) is 18.3 Å². The van der Waals surface area contributed by atoms with Crippen LogP contribution >= 0.6 is 23.5 Å². The zero-order valence-electron chi connectivity index (χ0n) is 15.7. The van der Waals surface area contributed by atoms with Gasteiger partial charge in [0.2, 0.25) is 0 Å². The van der Waals surface area contributed by atoms with Crippen LogP contribution in [0.25, 0.3) is 0 Å². The van der Waals surface area contributed by atoms with Crippen LogP contribution in [0.4, 0.5) is 0 Å². The van der Waals surface area contributed by atoms with E-state index in [-0.39, 0.29) is 5.56 Å². The number of aromatic nitrogens is 2. The molecule has 1 fully saturated rings. The molecule has 1 aliphatic heterocycles. The molecule has 2 unspecified atom stereocenters. The average molecular weight is 512 g/mol. The topological polar surface area (TPSA) is 264 Å². The molecule has 6 atom stereocenters. The zero-order chi connectivity index (χ0) is 24.0. The van der Waals surface area contributed by atoms with E-state index in [0.29, 0.717) is 0 Å². The summed E-state index contributed by atoms with van der Waals surface area (Å²) in [6.45, 7) is 1.45. The van der Waals surface area contributed by atoms with E-state index in [1.807, 2.05) is 4.98 Å². The molecule has 17 nitrogen and oxygen atoms in total. The van der Waals surface area contributed by atoms with Crippen molar-refractivity contribution in [1.82, 2.24) is 9.55 Å². The highest BCUT2D eigenvalue weighted by Gasteiger charge is 2.54. The van der Waals surface area contributed by atoms with E-state index in [1.165, 1.54) is 6.92 Å². The Morgan fingerprint density at radius 2 is 1.71 bits per heavy atom. The summed E-state index contributed by atoms with van der Waals surface area (Å²) in [4.78, 5) is 61.1. The highest BCUT2D eigenvalue weighted by molar-refractivity contribution is 7.66. The molecule has 7 N–H and O–H groups in total. The minimum Gasteiger partial charge on any atom is -0.387 e. The number of aliphatic hydroxyl groups excluding tert-OH is 2. The Bertz CT molecular complexity index is 1090. The van der Waals surface area contributed by atoms with Crippen LogP contribution in [0.2, 0.25) is 0 Å². The largest absolute Gasteiger partial charge is 0.490 e. The maximum Gasteiger partial charge on any atom is 0.490 e. The second-order valence-corrected chi connectivity index (χ2v) is 10.9. The molecule has 31 heavy (non-hydrogen) atoms. The van der Waals surface area contributed by atoms with E-state index < -0.39 is 65.4 Å². The van der Waals surface area contributed by atoms with Gasteiger partial charge in [-0.1, -0.05) is 0 Å². The number of H-pyrrole nitrogens is 1. The molecule has 0 amide bonds. The van der Waals surface area contributed by atoms with E-state index >= 15 is 0 Å². The fraction of sp³-hybridized carbons (Fsp3) is 0.636. The number of nitrogens with one attached hydrogen (secondary N) is 1. The van der Waals surface area contributed by atoms with Gasteiger partial charge in [0.15, 0.2) is 5.72 Å². The molecule has 0 saturated carbocycles. The Hall–Kier alpha value is -1.03. The van der Waals surface area contributed by atoms with Crippen LogP contribution < -0.4 is 11.2 Å². The van der Waals surface area contributed by atoms with Crippen LogP contribution in [0.1, 0.15) is 12.5 Å². The minimum atomic E-state index is -5.75. The third-order valence-electron chi connectivity index (χ3n) is 4.06. The highest BCUT2D eigenvalue weighted by atomic mass is 31.3.